The maximum atomic E-state index is 14.3. The lowest BCUT2D eigenvalue weighted by Crippen LogP contribution is -2.31. The fraction of sp³-hybridized carbons (Fsp3) is 0.619. The summed E-state index contributed by atoms with van der Waals surface area (Å²) in [5.41, 5.74) is 0.722. The van der Waals surface area contributed by atoms with Crippen LogP contribution < -0.4 is 10.6 Å². The Morgan fingerprint density at radius 3 is 2.14 bits per heavy atom. The van der Waals surface area contributed by atoms with Crippen molar-refractivity contribution in [3.05, 3.63) is 29.6 Å². The SMILES string of the molecule is CCCCS[C@H](C)C(=O)NCc1c(F)cccc1NC(=O)[C@@H](C)SCCCC. The number of halogens is 1. The topological polar surface area (TPSA) is 58.2 Å². The first-order valence-corrected chi connectivity index (χ1v) is 12.1. The van der Waals surface area contributed by atoms with Gasteiger partial charge < -0.3 is 10.6 Å². The lowest BCUT2D eigenvalue weighted by Gasteiger charge is -2.17. The molecule has 7 heteroatoms. The van der Waals surface area contributed by atoms with Gasteiger partial charge >= 0.3 is 0 Å². The molecule has 158 valence electrons. The van der Waals surface area contributed by atoms with E-state index in [2.05, 4.69) is 24.5 Å². The van der Waals surface area contributed by atoms with E-state index in [0.717, 1.165) is 37.2 Å². The first kappa shape index (κ1) is 24.8. The van der Waals surface area contributed by atoms with Crippen molar-refractivity contribution >= 4 is 41.0 Å². The minimum atomic E-state index is -0.435. The van der Waals surface area contributed by atoms with Crippen molar-refractivity contribution in [1.82, 2.24) is 5.32 Å². The minimum absolute atomic E-state index is 0.0527. The number of rotatable bonds is 13. The molecule has 0 bridgehead atoms. The molecule has 2 atom stereocenters. The van der Waals surface area contributed by atoms with Crippen molar-refractivity contribution in [2.24, 2.45) is 0 Å². The average Bonchev–Trinajstić information content (AvgIpc) is 2.67. The van der Waals surface area contributed by atoms with Crippen molar-refractivity contribution in [2.45, 2.75) is 70.4 Å². The van der Waals surface area contributed by atoms with Crippen LogP contribution in [0.25, 0.3) is 0 Å². The Morgan fingerprint density at radius 2 is 1.57 bits per heavy atom. The number of benzene rings is 1. The molecule has 0 spiro atoms. The highest BCUT2D eigenvalue weighted by molar-refractivity contribution is 8.00. The standard InChI is InChI=1S/C21H33FN2O2S2/c1-5-7-12-27-15(3)20(25)23-14-17-18(22)10-9-11-19(17)24-21(26)16(4)28-13-8-6-2/h9-11,15-16H,5-8,12-14H2,1-4H3,(H,23,25)(H,24,26)/t15-,16-/m1/s1. The third-order valence-electron chi connectivity index (χ3n) is 4.29. The lowest BCUT2D eigenvalue weighted by molar-refractivity contribution is -0.120. The average molecular weight is 429 g/mol. The molecule has 0 saturated carbocycles. The van der Waals surface area contributed by atoms with Gasteiger partial charge in [0.05, 0.1) is 10.5 Å². The van der Waals surface area contributed by atoms with Gasteiger partial charge in [-0.2, -0.15) is 0 Å². The van der Waals surface area contributed by atoms with E-state index >= 15 is 0 Å². The highest BCUT2D eigenvalue weighted by Gasteiger charge is 2.18. The molecular weight excluding hydrogens is 395 g/mol. The van der Waals surface area contributed by atoms with Crippen molar-refractivity contribution < 1.29 is 14.0 Å². The second-order valence-corrected chi connectivity index (χ2v) is 9.60. The summed E-state index contributed by atoms with van der Waals surface area (Å²) in [5, 5.41) is 5.21. The fourth-order valence-corrected chi connectivity index (χ4v) is 4.43. The van der Waals surface area contributed by atoms with Crippen LogP contribution in [-0.4, -0.2) is 33.8 Å². The van der Waals surface area contributed by atoms with Crippen LogP contribution >= 0.6 is 23.5 Å². The van der Waals surface area contributed by atoms with E-state index in [1.807, 2.05) is 13.8 Å². The first-order chi connectivity index (χ1) is 13.4. The Labute approximate surface area is 177 Å². The molecule has 28 heavy (non-hydrogen) atoms. The van der Waals surface area contributed by atoms with Crippen LogP contribution in [0, 0.1) is 5.82 Å². The molecule has 0 aliphatic rings. The fourth-order valence-electron chi connectivity index (χ4n) is 2.37. The Kier molecular flexibility index (Phi) is 12.3. The highest BCUT2D eigenvalue weighted by atomic mass is 32.2. The quantitative estimate of drug-likeness (QED) is 0.423. The number of carbonyl (C=O) groups is 2. The second kappa shape index (κ2) is 13.9. The molecule has 2 amide bonds. The summed E-state index contributed by atoms with van der Waals surface area (Å²) in [6, 6.07) is 4.58. The third-order valence-corrected chi connectivity index (χ3v) is 6.76. The summed E-state index contributed by atoms with van der Waals surface area (Å²) in [7, 11) is 0. The van der Waals surface area contributed by atoms with E-state index in [4.69, 9.17) is 0 Å². The van der Waals surface area contributed by atoms with Gasteiger partial charge in [-0.25, -0.2) is 4.39 Å². The van der Waals surface area contributed by atoms with E-state index in [9.17, 15) is 14.0 Å². The molecule has 1 rings (SSSR count). The zero-order valence-corrected chi connectivity index (χ0v) is 19.0. The normalized spacial score (nSPS) is 13.0. The van der Waals surface area contributed by atoms with Crippen molar-refractivity contribution in [3.8, 4) is 0 Å². The molecular formula is C21H33FN2O2S2. The van der Waals surface area contributed by atoms with E-state index < -0.39 is 5.82 Å². The Balaban J connectivity index is 2.67. The van der Waals surface area contributed by atoms with Gasteiger partial charge in [-0.1, -0.05) is 32.8 Å². The molecule has 2 N–H and O–H groups in total. The number of anilines is 1. The number of unbranched alkanes of at least 4 members (excludes halogenated alkanes) is 2. The molecule has 0 unspecified atom stereocenters. The number of hydrogen-bond donors (Lipinski definition) is 2. The van der Waals surface area contributed by atoms with Crippen LogP contribution in [0.4, 0.5) is 10.1 Å². The van der Waals surface area contributed by atoms with Gasteiger partial charge in [0.15, 0.2) is 0 Å². The molecule has 0 aliphatic carbocycles. The van der Waals surface area contributed by atoms with Crippen molar-refractivity contribution in [2.75, 3.05) is 16.8 Å². The number of nitrogens with one attached hydrogen (secondary N) is 2. The number of carbonyl (C=O) groups excluding carboxylic acids is 2. The zero-order valence-electron chi connectivity index (χ0n) is 17.3. The van der Waals surface area contributed by atoms with Crippen LogP contribution in [-0.2, 0) is 16.1 Å². The summed E-state index contributed by atoms with van der Waals surface area (Å²) in [4.78, 5) is 24.7. The molecule has 0 fully saturated rings. The van der Waals surface area contributed by atoms with Gasteiger partial charge in [-0.3, -0.25) is 9.59 Å². The monoisotopic (exact) mass is 428 g/mol. The van der Waals surface area contributed by atoms with E-state index in [1.165, 1.54) is 6.07 Å². The summed E-state index contributed by atoms with van der Waals surface area (Å²) in [5.74, 6) is 1.15. The van der Waals surface area contributed by atoms with Crippen LogP contribution in [0.5, 0.6) is 0 Å². The molecule has 0 aliphatic heterocycles. The number of amides is 2. The molecule has 4 nitrogen and oxygen atoms in total. The molecule has 1 aromatic carbocycles. The summed E-state index contributed by atoms with van der Waals surface area (Å²) < 4.78 is 14.3. The molecule has 0 heterocycles. The van der Waals surface area contributed by atoms with Gasteiger partial charge in [0.25, 0.3) is 0 Å². The Bertz CT molecular complexity index is 628. The first-order valence-electron chi connectivity index (χ1n) is 9.99. The minimum Gasteiger partial charge on any atom is -0.351 e. The maximum Gasteiger partial charge on any atom is 0.237 e. The molecule has 0 radical (unpaired) electrons. The van der Waals surface area contributed by atoms with Gasteiger partial charge in [-0.05, 0) is 50.3 Å². The Morgan fingerprint density at radius 1 is 1.00 bits per heavy atom. The summed E-state index contributed by atoms with van der Waals surface area (Å²) in [6.07, 6.45) is 4.31. The van der Waals surface area contributed by atoms with Crippen LogP contribution in [0.2, 0.25) is 0 Å². The molecule has 0 aromatic heterocycles. The number of hydrogen-bond acceptors (Lipinski definition) is 4. The van der Waals surface area contributed by atoms with Crippen LogP contribution in [0.15, 0.2) is 18.2 Å². The second-order valence-electron chi connectivity index (χ2n) is 6.71. The van der Waals surface area contributed by atoms with Crippen molar-refractivity contribution in [1.29, 1.82) is 0 Å². The van der Waals surface area contributed by atoms with Gasteiger partial charge in [0.2, 0.25) is 11.8 Å². The van der Waals surface area contributed by atoms with Gasteiger partial charge in [-0.15, -0.1) is 23.5 Å². The van der Waals surface area contributed by atoms with E-state index in [0.29, 0.717) is 11.3 Å². The molecule has 0 saturated heterocycles. The maximum absolute atomic E-state index is 14.3. The van der Waals surface area contributed by atoms with Gasteiger partial charge in [0.1, 0.15) is 5.82 Å². The summed E-state index contributed by atoms with van der Waals surface area (Å²) in [6.45, 7) is 7.99. The summed E-state index contributed by atoms with van der Waals surface area (Å²) >= 11 is 3.19. The molecule has 1 aromatic rings. The predicted molar refractivity (Wildman–Crippen MR) is 121 cm³/mol. The zero-order chi connectivity index (χ0) is 20.9. The number of thioether (sulfide) groups is 2. The highest BCUT2D eigenvalue weighted by Crippen LogP contribution is 2.22. The van der Waals surface area contributed by atoms with E-state index in [-0.39, 0.29) is 28.9 Å². The van der Waals surface area contributed by atoms with Gasteiger partial charge in [0, 0.05) is 17.8 Å². The van der Waals surface area contributed by atoms with Crippen molar-refractivity contribution in [3.63, 3.8) is 0 Å². The lowest BCUT2D eigenvalue weighted by atomic mass is 10.1. The van der Waals surface area contributed by atoms with Crippen LogP contribution in [0.3, 0.4) is 0 Å². The van der Waals surface area contributed by atoms with E-state index in [1.54, 1.807) is 35.7 Å². The predicted octanol–water partition coefficient (Wildman–Crippen LogP) is 5.22. The van der Waals surface area contributed by atoms with Crippen LogP contribution in [0.1, 0.15) is 58.9 Å². The third kappa shape index (κ3) is 8.86. The Hall–Kier alpha value is -1.21. The smallest absolute Gasteiger partial charge is 0.237 e. The largest absolute Gasteiger partial charge is 0.351 e.